The van der Waals surface area contributed by atoms with Gasteiger partial charge in [0.25, 0.3) is 0 Å². The standard InChI is InChI=1S/C18H26N2O3/c21-11-8-14-5-3-4-10-20(14)13-18(22)19-16-9-12-23-17-7-2-1-6-15(16)17/h1-2,6-7,14,16,21H,3-5,8-13H2,(H,19,22). The van der Waals surface area contributed by atoms with E-state index in [9.17, 15) is 9.90 Å². The van der Waals surface area contributed by atoms with Crippen molar-refractivity contribution in [3.63, 3.8) is 0 Å². The number of piperidine rings is 1. The third kappa shape index (κ3) is 4.03. The molecule has 0 aromatic heterocycles. The van der Waals surface area contributed by atoms with Crippen LogP contribution in [-0.4, -0.2) is 48.3 Å². The summed E-state index contributed by atoms with van der Waals surface area (Å²) in [7, 11) is 0. The van der Waals surface area contributed by atoms with Crippen molar-refractivity contribution in [1.29, 1.82) is 0 Å². The minimum absolute atomic E-state index is 0.0357. The van der Waals surface area contributed by atoms with Gasteiger partial charge in [-0.1, -0.05) is 24.6 Å². The van der Waals surface area contributed by atoms with E-state index in [-0.39, 0.29) is 18.6 Å². The second-order valence-electron chi connectivity index (χ2n) is 6.43. The van der Waals surface area contributed by atoms with Crippen molar-refractivity contribution in [3.8, 4) is 5.75 Å². The van der Waals surface area contributed by atoms with Crippen LogP contribution >= 0.6 is 0 Å². The number of benzene rings is 1. The van der Waals surface area contributed by atoms with Crippen molar-refractivity contribution in [2.24, 2.45) is 0 Å². The quantitative estimate of drug-likeness (QED) is 0.870. The van der Waals surface area contributed by atoms with Crippen LogP contribution in [0, 0.1) is 0 Å². The summed E-state index contributed by atoms with van der Waals surface area (Å²) in [5.41, 5.74) is 1.07. The average molecular weight is 318 g/mol. The fraction of sp³-hybridized carbons (Fsp3) is 0.611. The van der Waals surface area contributed by atoms with Crippen LogP contribution in [0.15, 0.2) is 24.3 Å². The number of ether oxygens (including phenoxy) is 1. The lowest BCUT2D eigenvalue weighted by atomic mass is 9.99. The molecule has 0 aliphatic carbocycles. The molecule has 23 heavy (non-hydrogen) atoms. The number of carbonyl (C=O) groups is 1. The molecule has 1 amide bonds. The van der Waals surface area contributed by atoms with Crippen LogP contribution in [0.4, 0.5) is 0 Å². The highest BCUT2D eigenvalue weighted by Gasteiger charge is 2.26. The van der Waals surface area contributed by atoms with Gasteiger partial charge in [0.15, 0.2) is 0 Å². The summed E-state index contributed by atoms with van der Waals surface area (Å²) in [4.78, 5) is 14.7. The molecule has 2 aliphatic heterocycles. The SMILES string of the molecule is O=C(CN1CCCCC1CCO)NC1CCOc2ccccc21. The summed E-state index contributed by atoms with van der Waals surface area (Å²) in [6.07, 6.45) is 4.97. The van der Waals surface area contributed by atoms with Crippen molar-refractivity contribution in [2.75, 3.05) is 26.3 Å². The largest absolute Gasteiger partial charge is 0.493 e. The van der Waals surface area contributed by atoms with Gasteiger partial charge < -0.3 is 15.2 Å². The minimum Gasteiger partial charge on any atom is -0.493 e. The molecule has 3 rings (SSSR count). The van der Waals surface area contributed by atoms with Gasteiger partial charge in [0.1, 0.15) is 5.75 Å². The molecule has 1 saturated heterocycles. The number of carbonyl (C=O) groups excluding carboxylic acids is 1. The van der Waals surface area contributed by atoms with Crippen LogP contribution < -0.4 is 10.1 Å². The van der Waals surface area contributed by atoms with E-state index >= 15 is 0 Å². The Hall–Kier alpha value is -1.59. The Morgan fingerprint density at radius 1 is 1.30 bits per heavy atom. The first-order valence-corrected chi connectivity index (χ1v) is 8.64. The fourth-order valence-corrected chi connectivity index (χ4v) is 3.66. The van der Waals surface area contributed by atoms with Crippen LogP contribution in [0.2, 0.25) is 0 Å². The van der Waals surface area contributed by atoms with Crippen molar-refractivity contribution in [1.82, 2.24) is 10.2 Å². The van der Waals surface area contributed by atoms with E-state index in [1.807, 2.05) is 24.3 Å². The zero-order chi connectivity index (χ0) is 16.1. The first-order chi connectivity index (χ1) is 11.3. The summed E-state index contributed by atoms with van der Waals surface area (Å²) >= 11 is 0. The molecule has 0 saturated carbocycles. The Morgan fingerprint density at radius 3 is 3.04 bits per heavy atom. The molecule has 1 fully saturated rings. The number of para-hydroxylation sites is 1. The molecule has 0 spiro atoms. The number of aliphatic hydroxyl groups excluding tert-OH is 1. The second-order valence-corrected chi connectivity index (χ2v) is 6.43. The van der Waals surface area contributed by atoms with Gasteiger partial charge in [0.05, 0.1) is 19.2 Å². The molecule has 2 heterocycles. The average Bonchev–Trinajstić information content (AvgIpc) is 2.57. The molecule has 5 heteroatoms. The second kappa shape index (κ2) is 7.79. The molecular formula is C18H26N2O3. The molecule has 2 N–H and O–H groups in total. The van der Waals surface area contributed by atoms with Gasteiger partial charge in [-0.2, -0.15) is 0 Å². The molecular weight excluding hydrogens is 292 g/mol. The van der Waals surface area contributed by atoms with Crippen LogP contribution in [0.5, 0.6) is 5.75 Å². The highest BCUT2D eigenvalue weighted by molar-refractivity contribution is 5.78. The number of nitrogens with one attached hydrogen (secondary N) is 1. The van der Waals surface area contributed by atoms with E-state index in [4.69, 9.17) is 4.74 Å². The summed E-state index contributed by atoms with van der Waals surface area (Å²) in [6.45, 7) is 2.20. The van der Waals surface area contributed by atoms with Crippen LogP contribution in [0.3, 0.4) is 0 Å². The van der Waals surface area contributed by atoms with E-state index in [1.165, 1.54) is 6.42 Å². The number of fused-ring (bicyclic) bond motifs is 1. The molecule has 0 radical (unpaired) electrons. The molecule has 5 nitrogen and oxygen atoms in total. The number of nitrogens with zero attached hydrogens (tertiary/aromatic N) is 1. The van der Waals surface area contributed by atoms with E-state index in [2.05, 4.69) is 10.2 Å². The van der Waals surface area contributed by atoms with Crippen molar-refractivity contribution < 1.29 is 14.6 Å². The summed E-state index contributed by atoms with van der Waals surface area (Å²) in [5.74, 6) is 0.941. The summed E-state index contributed by atoms with van der Waals surface area (Å²) in [5, 5.41) is 12.4. The summed E-state index contributed by atoms with van der Waals surface area (Å²) in [6, 6.07) is 8.28. The smallest absolute Gasteiger partial charge is 0.234 e. The lowest BCUT2D eigenvalue weighted by Gasteiger charge is -2.35. The first-order valence-electron chi connectivity index (χ1n) is 8.64. The Bertz CT molecular complexity index is 533. The van der Waals surface area contributed by atoms with Crippen molar-refractivity contribution in [3.05, 3.63) is 29.8 Å². The first kappa shape index (κ1) is 16.3. The number of amides is 1. The number of hydrogen-bond donors (Lipinski definition) is 2. The van der Waals surface area contributed by atoms with Gasteiger partial charge in [0, 0.05) is 24.6 Å². The Morgan fingerprint density at radius 2 is 2.17 bits per heavy atom. The predicted octanol–water partition coefficient (Wildman–Crippen LogP) is 1.86. The fourth-order valence-electron chi connectivity index (χ4n) is 3.66. The molecule has 2 unspecified atom stereocenters. The van der Waals surface area contributed by atoms with E-state index in [0.717, 1.165) is 43.5 Å². The number of hydrogen-bond acceptors (Lipinski definition) is 4. The van der Waals surface area contributed by atoms with Gasteiger partial charge in [-0.3, -0.25) is 9.69 Å². The maximum Gasteiger partial charge on any atom is 0.234 e. The van der Waals surface area contributed by atoms with Gasteiger partial charge in [-0.25, -0.2) is 0 Å². The zero-order valence-electron chi connectivity index (χ0n) is 13.5. The topological polar surface area (TPSA) is 61.8 Å². The van der Waals surface area contributed by atoms with Crippen LogP contribution in [0.25, 0.3) is 0 Å². The van der Waals surface area contributed by atoms with E-state index in [1.54, 1.807) is 0 Å². The van der Waals surface area contributed by atoms with Gasteiger partial charge in [-0.15, -0.1) is 0 Å². The highest BCUT2D eigenvalue weighted by atomic mass is 16.5. The Kier molecular flexibility index (Phi) is 5.51. The van der Waals surface area contributed by atoms with Gasteiger partial charge >= 0.3 is 0 Å². The Labute approximate surface area is 137 Å². The maximum atomic E-state index is 12.5. The van der Waals surface area contributed by atoms with Crippen molar-refractivity contribution in [2.45, 2.75) is 44.2 Å². The number of rotatable bonds is 5. The van der Waals surface area contributed by atoms with Crippen molar-refractivity contribution >= 4 is 5.91 Å². The Balaban J connectivity index is 1.59. The van der Waals surface area contributed by atoms with Gasteiger partial charge in [-0.05, 0) is 31.9 Å². The summed E-state index contributed by atoms with van der Waals surface area (Å²) < 4.78 is 5.64. The molecule has 2 atom stereocenters. The molecule has 126 valence electrons. The third-order valence-corrected chi connectivity index (χ3v) is 4.85. The number of aliphatic hydroxyl groups is 1. The molecule has 0 bridgehead atoms. The molecule has 1 aromatic carbocycles. The monoisotopic (exact) mass is 318 g/mol. The highest BCUT2D eigenvalue weighted by Crippen LogP contribution is 2.31. The number of likely N-dealkylation sites (tertiary alicyclic amines) is 1. The normalized spacial score (nSPS) is 24.6. The van der Waals surface area contributed by atoms with Gasteiger partial charge in [0.2, 0.25) is 5.91 Å². The lowest BCUT2D eigenvalue weighted by Crippen LogP contribution is -2.46. The van der Waals surface area contributed by atoms with Crippen LogP contribution in [-0.2, 0) is 4.79 Å². The van der Waals surface area contributed by atoms with Crippen LogP contribution in [0.1, 0.15) is 43.7 Å². The van der Waals surface area contributed by atoms with E-state index in [0.29, 0.717) is 19.2 Å². The minimum atomic E-state index is 0.0357. The van der Waals surface area contributed by atoms with E-state index < -0.39 is 0 Å². The zero-order valence-corrected chi connectivity index (χ0v) is 13.5. The lowest BCUT2D eigenvalue weighted by molar-refractivity contribution is -0.124. The maximum absolute atomic E-state index is 12.5. The molecule has 2 aliphatic rings. The predicted molar refractivity (Wildman–Crippen MR) is 88.4 cm³/mol. The molecule has 1 aromatic rings. The third-order valence-electron chi connectivity index (χ3n) is 4.85.